The van der Waals surface area contributed by atoms with E-state index in [1.54, 1.807) is 36.3 Å². The molecule has 2 aromatic rings. The number of amides is 1. The molecule has 0 radical (unpaired) electrons. The summed E-state index contributed by atoms with van der Waals surface area (Å²) in [6, 6.07) is 15.2. The SMILES string of the molecule is COc1ccc(CN(CC(=O)N2CCc3ccccc3C2)S(C)(=O)=O)cc1. The molecule has 2 aromatic carbocycles. The first kappa shape index (κ1) is 19.4. The highest BCUT2D eigenvalue weighted by Gasteiger charge is 2.26. The molecule has 0 spiro atoms. The van der Waals surface area contributed by atoms with Crippen molar-refractivity contribution in [3.8, 4) is 5.75 Å². The van der Waals surface area contributed by atoms with E-state index in [0.29, 0.717) is 18.8 Å². The van der Waals surface area contributed by atoms with Gasteiger partial charge in [0, 0.05) is 19.6 Å². The molecule has 0 aromatic heterocycles. The van der Waals surface area contributed by atoms with Crippen LogP contribution in [0.1, 0.15) is 16.7 Å². The van der Waals surface area contributed by atoms with Gasteiger partial charge in [0.2, 0.25) is 15.9 Å². The molecule has 3 rings (SSSR count). The first-order chi connectivity index (χ1) is 12.9. The van der Waals surface area contributed by atoms with Crippen LogP contribution in [0.2, 0.25) is 0 Å². The minimum absolute atomic E-state index is 0.152. The highest BCUT2D eigenvalue weighted by molar-refractivity contribution is 7.88. The number of nitrogens with zero attached hydrogens (tertiary/aromatic N) is 2. The zero-order valence-corrected chi connectivity index (χ0v) is 16.4. The summed E-state index contributed by atoms with van der Waals surface area (Å²) in [4.78, 5) is 14.5. The van der Waals surface area contributed by atoms with Crippen LogP contribution < -0.4 is 4.74 Å². The molecule has 0 bridgehead atoms. The van der Waals surface area contributed by atoms with Gasteiger partial charge in [0.1, 0.15) is 5.75 Å². The van der Waals surface area contributed by atoms with Crippen LogP contribution in [0.25, 0.3) is 0 Å². The van der Waals surface area contributed by atoms with E-state index in [9.17, 15) is 13.2 Å². The third-order valence-electron chi connectivity index (χ3n) is 4.78. The topological polar surface area (TPSA) is 66.9 Å². The number of benzene rings is 2. The smallest absolute Gasteiger partial charge is 0.238 e. The van der Waals surface area contributed by atoms with Crippen molar-refractivity contribution in [3.05, 3.63) is 65.2 Å². The lowest BCUT2D eigenvalue weighted by Crippen LogP contribution is -2.44. The van der Waals surface area contributed by atoms with E-state index in [-0.39, 0.29) is 19.0 Å². The van der Waals surface area contributed by atoms with Crippen molar-refractivity contribution < 1.29 is 17.9 Å². The summed E-state index contributed by atoms with van der Waals surface area (Å²) >= 11 is 0. The molecule has 0 saturated carbocycles. The van der Waals surface area contributed by atoms with E-state index in [4.69, 9.17) is 4.74 Å². The van der Waals surface area contributed by atoms with Crippen LogP contribution in [-0.4, -0.2) is 50.0 Å². The van der Waals surface area contributed by atoms with Gasteiger partial charge >= 0.3 is 0 Å². The molecule has 0 saturated heterocycles. The average molecular weight is 388 g/mol. The zero-order chi connectivity index (χ0) is 19.4. The Morgan fingerprint density at radius 1 is 1.11 bits per heavy atom. The van der Waals surface area contributed by atoms with Crippen molar-refractivity contribution in [2.24, 2.45) is 0 Å². The van der Waals surface area contributed by atoms with Crippen LogP contribution in [0.3, 0.4) is 0 Å². The Morgan fingerprint density at radius 3 is 2.41 bits per heavy atom. The van der Waals surface area contributed by atoms with Gasteiger partial charge in [-0.1, -0.05) is 36.4 Å². The lowest BCUT2D eigenvalue weighted by molar-refractivity contribution is -0.132. The van der Waals surface area contributed by atoms with Gasteiger partial charge in [-0.25, -0.2) is 8.42 Å². The standard InChI is InChI=1S/C20H24N2O4S/c1-26-19-9-7-16(8-10-19)13-22(27(2,24)25)15-20(23)21-12-11-17-5-3-4-6-18(17)14-21/h3-10H,11-15H2,1-2H3. The van der Waals surface area contributed by atoms with Gasteiger partial charge in [-0.05, 0) is 35.2 Å². The Balaban J connectivity index is 1.70. The lowest BCUT2D eigenvalue weighted by Gasteiger charge is -2.30. The second-order valence-electron chi connectivity index (χ2n) is 6.71. The summed E-state index contributed by atoms with van der Waals surface area (Å²) in [5, 5.41) is 0. The van der Waals surface area contributed by atoms with E-state index in [1.165, 1.54) is 9.87 Å². The van der Waals surface area contributed by atoms with E-state index in [0.717, 1.165) is 23.8 Å². The lowest BCUT2D eigenvalue weighted by atomic mass is 10.00. The van der Waals surface area contributed by atoms with Crippen molar-refractivity contribution >= 4 is 15.9 Å². The monoisotopic (exact) mass is 388 g/mol. The van der Waals surface area contributed by atoms with E-state index >= 15 is 0 Å². The summed E-state index contributed by atoms with van der Waals surface area (Å²) < 4.78 is 30.8. The van der Waals surface area contributed by atoms with Crippen LogP contribution in [-0.2, 0) is 34.3 Å². The second-order valence-corrected chi connectivity index (χ2v) is 8.70. The number of carbonyl (C=O) groups is 1. The molecule has 0 N–H and O–H groups in total. The van der Waals surface area contributed by atoms with Gasteiger partial charge in [0.15, 0.2) is 0 Å². The fraction of sp³-hybridized carbons (Fsp3) is 0.350. The summed E-state index contributed by atoms with van der Waals surface area (Å²) in [5.74, 6) is 0.524. The van der Waals surface area contributed by atoms with Crippen LogP contribution in [0.5, 0.6) is 5.75 Å². The number of methoxy groups -OCH3 is 1. The van der Waals surface area contributed by atoms with Crippen molar-refractivity contribution in [1.82, 2.24) is 9.21 Å². The van der Waals surface area contributed by atoms with Crippen LogP contribution in [0.4, 0.5) is 0 Å². The molecule has 1 amide bonds. The Labute approximate surface area is 160 Å². The zero-order valence-electron chi connectivity index (χ0n) is 15.6. The van der Waals surface area contributed by atoms with E-state index in [1.807, 2.05) is 18.2 Å². The Kier molecular flexibility index (Phi) is 5.82. The summed E-state index contributed by atoms with van der Waals surface area (Å²) in [7, 11) is -1.94. The quantitative estimate of drug-likeness (QED) is 0.760. The van der Waals surface area contributed by atoms with Crippen LogP contribution >= 0.6 is 0 Å². The van der Waals surface area contributed by atoms with Crippen molar-refractivity contribution in [2.45, 2.75) is 19.5 Å². The molecule has 6 nitrogen and oxygen atoms in total. The first-order valence-corrected chi connectivity index (χ1v) is 10.6. The van der Waals surface area contributed by atoms with Gasteiger partial charge in [0.25, 0.3) is 0 Å². The van der Waals surface area contributed by atoms with Gasteiger partial charge < -0.3 is 9.64 Å². The molecular weight excluding hydrogens is 364 g/mol. The Bertz CT molecular complexity index is 910. The maximum absolute atomic E-state index is 12.8. The Hall–Kier alpha value is -2.38. The number of ether oxygens (including phenoxy) is 1. The van der Waals surface area contributed by atoms with Crippen molar-refractivity contribution in [3.63, 3.8) is 0 Å². The molecular formula is C20H24N2O4S. The number of hydrogen-bond acceptors (Lipinski definition) is 4. The summed E-state index contributed by atoms with van der Waals surface area (Å²) in [6.07, 6.45) is 1.93. The molecule has 1 aliphatic rings. The summed E-state index contributed by atoms with van der Waals surface area (Å²) in [5.41, 5.74) is 3.18. The largest absolute Gasteiger partial charge is 0.497 e. The predicted octanol–water partition coefficient (Wildman–Crippen LogP) is 2.04. The fourth-order valence-electron chi connectivity index (χ4n) is 3.18. The van der Waals surface area contributed by atoms with Crippen LogP contribution in [0, 0.1) is 0 Å². The maximum Gasteiger partial charge on any atom is 0.238 e. The third kappa shape index (κ3) is 4.87. The van der Waals surface area contributed by atoms with E-state index < -0.39 is 10.0 Å². The number of sulfonamides is 1. The predicted molar refractivity (Wildman–Crippen MR) is 104 cm³/mol. The third-order valence-corrected chi connectivity index (χ3v) is 5.98. The number of fused-ring (bicyclic) bond motifs is 1. The van der Waals surface area contributed by atoms with Gasteiger partial charge in [-0.15, -0.1) is 0 Å². The van der Waals surface area contributed by atoms with Crippen molar-refractivity contribution in [2.75, 3.05) is 26.5 Å². The van der Waals surface area contributed by atoms with E-state index in [2.05, 4.69) is 6.07 Å². The molecule has 27 heavy (non-hydrogen) atoms. The summed E-state index contributed by atoms with van der Waals surface area (Å²) in [6.45, 7) is 1.12. The number of rotatable bonds is 6. The molecule has 0 aliphatic carbocycles. The van der Waals surface area contributed by atoms with Crippen LogP contribution in [0.15, 0.2) is 48.5 Å². The highest BCUT2D eigenvalue weighted by atomic mass is 32.2. The number of carbonyl (C=O) groups excluding carboxylic acids is 1. The van der Waals surface area contributed by atoms with Crippen molar-refractivity contribution in [1.29, 1.82) is 0 Å². The molecule has 0 fully saturated rings. The Morgan fingerprint density at radius 2 is 1.78 bits per heavy atom. The maximum atomic E-state index is 12.8. The molecule has 0 atom stereocenters. The highest BCUT2D eigenvalue weighted by Crippen LogP contribution is 2.19. The van der Waals surface area contributed by atoms with Gasteiger partial charge in [-0.3, -0.25) is 4.79 Å². The minimum Gasteiger partial charge on any atom is -0.497 e. The molecule has 0 unspecified atom stereocenters. The average Bonchev–Trinajstić information content (AvgIpc) is 2.66. The minimum atomic E-state index is -3.52. The number of hydrogen-bond donors (Lipinski definition) is 0. The normalized spacial score (nSPS) is 14.1. The fourth-order valence-corrected chi connectivity index (χ4v) is 3.91. The van der Waals surface area contributed by atoms with Gasteiger partial charge in [-0.2, -0.15) is 4.31 Å². The second kappa shape index (κ2) is 8.10. The molecule has 1 heterocycles. The molecule has 1 aliphatic heterocycles. The van der Waals surface area contributed by atoms with Gasteiger partial charge in [0.05, 0.1) is 19.9 Å². The molecule has 7 heteroatoms. The molecule has 144 valence electrons. The first-order valence-electron chi connectivity index (χ1n) is 8.79.